The molecule has 7 heteroatoms. The number of pyridine rings is 1. The van der Waals surface area contributed by atoms with E-state index in [1.54, 1.807) is 6.20 Å². The van der Waals surface area contributed by atoms with Crippen LogP contribution in [0.2, 0.25) is 0 Å². The van der Waals surface area contributed by atoms with E-state index in [2.05, 4.69) is 4.98 Å². The van der Waals surface area contributed by atoms with Crippen molar-refractivity contribution >= 4 is 10.0 Å². The highest BCUT2D eigenvalue weighted by atomic mass is 32.2. The number of aromatic nitrogens is 1. The predicted octanol–water partition coefficient (Wildman–Crippen LogP) is 1.18. The van der Waals surface area contributed by atoms with Crippen molar-refractivity contribution in [2.75, 3.05) is 26.0 Å². The van der Waals surface area contributed by atoms with E-state index < -0.39 is 10.0 Å². The fourth-order valence-electron chi connectivity index (χ4n) is 3.22. The summed E-state index contributed by atoms with van der Waals surface area (Å²) in [6.07, 6.45) is 5.47. The maximum atomic E-state index is 11.7. The van der Waals surface area contributed by atoms with Crippen LogP contribution in [0.5, 0.6) is 0 Å². The molecule has 3 rings (SSSR count). The van der Waals surface area contributed by atoms with Crippen LogP contribution in [-0.2, 0) is 26.1 Å². The van der Waals surface area contributed by atoms with Crippen LogP contribution in [0, 0.1) is 0 Å². The molecule has 1 aromatic heterocycles. The number of rotatable bonds is 4. The molecule has 0 unspecified atom stereocenters. The molecule has 3 heterocycles. The zero-order chi connectivity index (χ0) is 15.6. The summed E-state index contributed by atoms with van der Waals surface area (Å²) in [5, 5.41) is 0. The molecule has 0 N–H and O–H groups in total. The third-order valence-electron chi connectivity index (χ3n) is 4.34. The van der Waals surface area contributed by atoms with Gasteiger partial charge < -0.3 is 9.47 Å². The average Bonchev–Trinajstić information content (AvgIpc) is 2.88. The van der Waals surface area contributed by atoms with E-state index in [0.29, 0.717) is 26.3 Å². The van der Waals surface area contributed by atoms with Crippen molar-refractivity contribution in [3.63, 3.8) is 0 Å². The van der Waals surface area contributed by atoms with Crippen LogP contribution >= 0.6 is 0 Å². The number of hydrogen-bond acceptors (Lipinski definition) is 5. The standard InChI is InChI=1S/C15H22N2O4S/c1-22(18,19)17-8-4-6-15(12-17)9-14(11-21-15)20-10-13-5-2-3-7-16-13/h2-3,5,7,14H,4,6,8-12H2,1H3/t14-,15+/m1/s1. The number of piperidine rings is 1. The van der Waals surface area contributed by atoms with Crippen LogP contribution < -0.4 is 0 Å². The topological polar surface area (TPSA) is 68.7 Å². The molecule has 22 heavy (non-hydrogen) atoms. The van der Waals surface area contributed by atoms with Crippen LogP contribution in [0.1, 0.15) is 25.0 Å². The average molecular weight is 326 g/mol. The van der Waals surface area contributed by atoms with Crippen molar-refractivity contribution in [3.8, 4) is 0 Å². The van der Waals surface area contributed by atoms with Gasteiger partial charge in [0.25, 0.3) is 0 Å². The van der Waals surface area contributed by atoms with Gasteiger partial charge in [-0.3, -0.25) is 4.98 Å². The molecular formula is C15H22N2O4S. The molecule has 2 saturated heterocycles. The zero-order valence-corrected chi connectivity index (χ0v) is 13.6. The lowest BCUT2D eigenvalue weighted by molar-refractivity contribution is -0.0359. The van der Waals surface area contributed by atoms with E-state index in [4.69, 9.17) is 9.47 Å². The highest BCUT2D eigenvalue weighted by Crippen LogP contribution is 2.36. The Morgan fingerprint density at radius 3 is 3.09 bits per heavy atom. The van der Waals surface area contributed by atoms with Crippen molar-refractivity contribution in [3.05, 3.63) is 30.1 Å². The second kappa shape index (κ2) is 6.23. The van der Waals surface area contributed by atoms with E-state index in [-0.39, 0.29) is 11.7 Å². The Bertz CT molecular complexity index is 607. The molecule has 0 aromatic carbocycles. The van der Waals surface area contributed by atoms with Crippen molar-refractivity contribution in [2.45, 2.75) is 37.6 Å². The molecule has 1 spiro atoms. The molecule has 122 valence electrons. The molecule has 2 fully saturated rings. The molecule has 2 aliphatic heterocycles. The Balaban J connectivity index is 1.57. The first-order chi connectivity index (χ1) is 10.5. The van der Waals surface area contributed by atoms with Gasteiger partial charge in [0.2, 0.25) is 10.0 Å². The van der Waals surface area contributed by atoms with E-state index >= 15 is 0 Å². The van der Waals surface area contributed by atoms with Gasteiger partial charge in [0.05, 0.1) is 36.9 Å². The van der Waals surface area contributed by atoms with Gasteiger partial charge in [-0.2, -0.15) is 4.31 Å². The van der Waals surface area contributed by atoms with Crippen molar-refractivity contribution in [1.29, 1.82) is 0 Å². The second-order valence-corrected chi connectivity index (χ2v) is 8.13. The summed E-state index contributed by atoms with van der Waals surface area (Å²) in [7, 11) is -3.16. The van der Waals surface area contributed by atoms with Gasteiger partial charge in [0.1, 0.15) is 0 Å². The lowest BCUT2D eigenvalue weighted by atomic mass is 9.90. The summed E-state index contributed by atoms with van der Waals surface area (Å²) in [6.45, 7) is 2.00. The fourth-order valence-corrected chi connectivity index (χ4v) is 4.15. The number of sulfonamides is 1. The highest BCUT2D eigenvalue weighted by molar-refractivity contribution is 7.88. The molecule has 6 nitrogen and oxygen atoms in total. The summed E-state index contributed by atoms with van der Waals surface area (Å²) in [4.78, 5) is 4.23. The minimum atomic E-state index is -3.16. The number of hydrogen-bond donors (Lipinski definition) is 0. The monoisotopic (exact) mass is 326 g/mol. The summed E-state index contributed by atoms with van der Waals surface area (Å²) >= 11 is 0. The normalized spacial score (nSPS) is 30.0. The van der Waals surface area contributed by atoms with E-state index in [0.717, 1.165) is 25.0 Å². The smallest absolute Gasteiger partial charge is 0.211 e. The Morgan fingerprint density at radius 1 is 1.50 bits per heavy atom. The maximum absolute atomic E-state index is 11.7. The SMILES string of the molecule is CS(=O)(=O)N1CCC[C@]2(C[C@@H](OCc3ccccn3)CO2)C1. The van der Waals surface area contributed by atoms with E-state index in [1.807, 2.05) is 18.2 Å². The van der Waals surface area contributed by atoms with Crippen LogP contribution in [0.3, 0.4) is 0 Å². The number of ether oxygens (including phenoxy) is 2. The Hall–Kier alpha value is -1.02. The first-order valence-corrected chi connectivity index (χ1v) is 9.42. The molecule has 2 aliphatic rings. The van der Waals surface area contributed by atoms with Crippen molar-refractivity contribution in [1.82, 2.24) is 9.29 Å². The Morgan fingerprint density at radius 2 is 2.36 bits per heavy atom. The third kappa shape index (κ3) is 3.65. The molecule has 2 atom stereocenters. The van der Waals surface area contributed by atoms with E-state index in [1.165, 1.54) is 10.6 Å². The summed E-state index contributed by atoms with van der Waals surface area (Å²) < 4.78 is 36.9. The molecule has 1 aromatic rings. The lowest BCUT2D eigenvalue weighted by Crippen LogP contribution is -2.49. The van der Waals surface area contributed by atoms with Crippen molar-refractivity contribution < 1.29 is 17.9 Å². The van der Waals surface area contributed by atoms with Crippen LogP contribution in [0.25, 0.3) is 0 Å². The van der Waals surface area contributed by atoms with Gasteiger partial charge in [-0.05, 0) is 25.0 Å². The molecule has 0 bridgehead atoms. The first kappa shape index (κ1) is 15.9. The molecule has 0 amide bonds. The maximum Gasteiger partial charge on any atom is 0.211 e. The largest absolute Gasteiger partial charge is 0.371 e. The van der Waals surface area contributed by atoms with Gasteiger partial charge in [0, 0.05) is 25.7 Å². The van der Waals surface area contributed by atoms with Gasteiger partial charge in [-0.15, -0.1) is 0 Å². The van der Waals surface area contributed by atoms with Crippen LogP contribution in [-0.4, -0.2) is 55.4 Å². The van der Waals surface area contributed by atoms with Gasteiger partial charge in [0.15, 0.2) is 0 Å². The van der Waals surface area contributed by atoms with Crippen LogP contribution in [0.15, 0.2) is 24.4 Å². The van der Waals surface area contributed by atoms with Gasteiger partial charge in [-0.25, -0.2) is 8.42 Å². The Kier molecular flexibility index (Phi) is 4.49. The minimum Gasteiger partial charge on any atom is -0.371 e. The minimum absolute atomic E-state index is 0.00140. The fraction of sp³-hybridized carbons (Fsp3) is 0.667. The number of nitrogens with zero attached hydrogens (tertiary/aromatic N) is 2. The highest BCUT2D eigenvalue weighted by Gasteiger charge is 2.45. The molecule has 0 radical (unpaired) electrons. The molecule has 0 aliphatic carbocycles. The first-order valence-electron chi connectivity index (χ1n) is 7.57. The van der Waals surface area contributed by atoms with Gasteiger partial charge in [-0.1, -0.05) is 6.07 Å². The summed E-state index contributed by atoms with van der Waals surface area (Å²) in [6, 6.07) is 5.74. The predicted molar refractivity (Wildman–Crippen MR) is 81.8 cm³/mol. The van der Waals surface area contributed by atoms with E-state index in [9.17, 15) is 8.42 Å². The second-order valence-electron chi connectivity index (χ2n) is 6.15. The zero-order valence-electron chi connectivity index (χ0n) is 12.8. The summed E-state index contributed by atoms with van der Waals surface area (Å²) in [5.74, 6) is 0. The Labute approximate surface area is 131 Å². The van der Waals surface area contributed by atoms with Crippen LogP contribution in [0.4, 0.5) is 0 Å². The third-order valence-corrected chi connectivity index (χ3v) is 5.59. The summed E-state index contributed by atoms with van der Waals surface area (Å²) in [5.41, 5.74) is 0.515. The quantitative estimate of drug-likeness (QED) is 0.831. The lowest BCUT2D eigenvalue weighted by Gasteiger charge is -2.38. The molecule has 0 saturated carbocycles. The molecular weight excluding hydrogens is 304 g/mol. The van der Waals surface area contributed by atoms with Crippen molar-refractivity contribution in [2.24, 2.45) is 0 Å². The van der Waals surface area contributed by atoms with Gasteiger partial charge >= 0.3 is 0 Å².